The predicted octanol–water partition coefficient (Wildman–Crippen LogP) is 3.59. The van der Waals surface area contributed by atoms with Crippen LogP contribution >= 0.6 is 11.6 Å². The van der Waals surface area contributed by atoms with Crippen LogP contribution < -0.4 is 10.2 Å². The van der Waals surface area contributed by atoms with Crippen LogP contribution in [0.2, 0.25) is 5.02 Å². The molecule has 0 saturated heterocycles. The summed E-state index contributed by atoms with van der Waals surface area (Å²) in [7, 11) is 0. The Kier molecular flexibility index (Phi) is 5.94. The normalized spacial score (nSPS) is 9.88. The maximum Gasteiger partial charge on any atom is 0.226 e. The highest BCUT2D eigenvalue weighted by molar-refractivity contribution is 6.33. The number of nitrogens with zero attached hydrogens (tertiary/aromatic N) is 2. The second-order valence-electron chi connectivity index (χ2n) is 5.08. The smallest absolute Gasteiger partial charge is 0.226 e. The molecule has 6 heteroatoms. The number of nitrogens with one attached hydrogen (secondary N) is 1. The number of halogens is 1. The van der Waals surface area contributed by atoms with Crippen LogP contribution in [0.3, 0.4) is 0 Å². The van der Waals surface area contributed by atoms with Crippen molar-refractivity contribution in [1.29, 1.82) is 5.26 Å². The summed E-state index contributed by atoms with van der Waals surface area (Å²) in [6, 6.07) is 15.7. The molecule has 1 N–H and O–H groups in total. The van der Waals surface area contributed by atoms with Crippen LogP contribution in [0.4, 0.5) is 11.4 Å². The van der Waals surface area contributed by atoms with Crippen molar-refractivity contribution in [1.82, 2.24) is 0 Å². The van der Waals surface area contributed by atoms with E-state index in [2.05, 4.69) is 5.32 Å². The Labute approximate surface area is 145 Å². The van der Waals surface area contributed by atoms with Crippen LogP contribution in [0.1, 0.15) is 18.9 Å². The number of benzene rings is 2. The van der Waals surface area contributed by atoms with Crippen molar-refractivity contribution in [2.45, 2.75) is 13.3 Å². The zero-order valence-corrected chi connectivity index (χ0v) is 13.9. The molecule has 0 unspecified atom stereocenters. The molecular weight excluding hydrogens is 326 g/mol. The predicted molar refractivity (Wildman–Crippen MR) is 93.9 cm³/mol. The SMILES string of the molecule is CC(=O)N(CCC(=O)Nc1ccccc1C#N)c1ccccc1Cl. The zero-order chi connectivity index (χ0) is 17.5. The van der Waals surface area contributed by atoms with Crippen molar-refractivity contribution in [3.05, 3.63) is 59.1 Å². The molecule has 0 aliphatic carbocycles. The summed E-state index contributed by atoms with van der Waals surface area (Å²) < 4.78 is 0. The molecule has 0 radical (unpaired) electrons. The van der Waals surface area contributed by atoms with Crippen LogP contribution in [0.15, 0.2) is 48.5 Å². The maximum atomic E-state index is 12.1. The number of hydrogen-bond donors (Lipinski definition) is 1. The molecule has 5 nitrogen and oxygen atoms in total. The van der Waals surface area contributed by atoms with Gasteiger partial charge in [-0.3, -0.25) is 9.59 Å². The number of carbonyl (C=O) groups excluding carboxylic acids is 2. The van der Waals surface area contributed by atoms with Gasteiger partial charge in [0.25, 0.3) is 0 Å². The third kappa shape index (κ3) is 4.34. The van der Waals surface area contributed by atoms with E-state index in [9.17, 15) is 9.59 Å². The van der Waals surface area contributed by atoms with Gasteiger partial charge in [-0.25, -0.2) is 0 Å². The molecule has 0 fully saturated rings. The first-order chi connectivity index (χ1) is 11.5. The summed E-state index contributed by atoms with van der Waals surface area (Å²) in [5.74, 6) is -0.482. The Bertz CT molecular complexity index is 799. The molecule has 0 aromatic heterocycles. The Morgan fingerprint density at radius 2 is 1.83 bits per heavy atom. The van der Waals surface area contributed by atoms with E-state index in [0.29, 0.717) is 22.0 Å². The maximum absolute atomic E-state index is 12.1. The second kappa shape index (κ2) is 8.14. The second-order valence-corrected chi connectivity index (χ2v) is 5.48. The van der Waals surface area contributed by atoms with Gasteiger partial charge in [-0.1, -0.05) is 35.9 Å². The van der Waals surface area contributed by atoms with Gasteiger partial charge in [0, 0.05) is 19.9 Å². The third-order valence-electron chi connectivity index (χ3n) is 3.41. The van der Waals surface area contributed by atoms with E-state index in [-0.39, 0.29) is 24.8 Å². The van der Waals surface area contributed by atoms with Crippen molar-refractivity contribution < 1.29 is 9.59 Å². The fourth-order valence-electron chi connectivity index (χ4n) is 2.23. The molecule has 122 valence electrons. The van der Waals surface area contributed by atoms with Gasteiger partial charge in [-0.15, -0.1) is 0 Å². The Morgan fingerprint density at radius 3 is 2.50 bits per heavy atom. The Hall–Kier alpha value is -2.84. The van der Waals surface area contributed by atoms with Gasteiger partial charge in [0.15, 0.2) is 0 Å². The van der Waals surface area contributed by atoms with Crippen molar-refractivity contribution in [3.63, 3.8) is 0 Å². The lowest BCUT2D eigenvalue weighted by Gasteiger charge is -2.22. The van der Waals surface area contributed by atoms with Gasteiger partial charge in [0.05, 0.1) is 22.0 Å². The number of nitriles is 1. The molecule has 0 heterocycles. The van der Waals surface area contributed by atoms with E-state index < -0.39 is 0 Å². The lowest BCUT2D eigenvalue weighted by atomic mass is 10.2. The number of carbonyl (C=O) groups is 2. The molecule has 0 spiro atoms. The van der Waals surface area contributed by atoms with Gasteiger partial charge in [0.2, 0.25) is 11.8 Å². The first kappa shape index (κ1) is 17.5. The number of rotatable bonds is 5. The number of para-hydroxylation sites is 2. The summed E-state index contributed by atoms with van der Waals surface area (Å²) in [5.41, 5.74) is 1.41. The summed E-state index contributed by atoms with van der Waals surface area (Å²) in [6.45, 7) is 1.62. The zero-order valence-electron chi connectivity index (χ0n) is 13.1. The van der Waals surface area contributed by atoms with Crippen LogP contribution in [0.5, 0.6) is 0 Å². The molecule has 2 rings (SSSR count). The largest absolute Gasteiger partial charge is 0.325 e. The minimum absolute atomic E-state index is 0.0879. The molecule has 24 heavy (non-hydrogen) atoms. The van der Waals surface area contributed by atoms with Crippen molar-refractivity contribution in [2.24, 2.45) is 0 Å². The van der Waals surface area contributed by atoms with E-state index in [1.807, 2.05) is 6.07 Å². The fourth-order valence-corrected chi connectivity index (χ4v) is 2.47. The number of hydrogen-bond acceptors (Lipinski definition) is 3. The van der Waals surface area contributed by atoms with E-state index >= 15 is 0 Å². The van der Waals surface area contributed by atoms with Crippen LogP contribution in [0, 0.1) is 11.3 Å². The molecule has 0 atom stereocenters. The lowest BCUT2D eigenvalue weighted by molar-refractivity contribution is -0.117. The summed E-state index contributed by atoms with van der Waals surface area (Å²) in [6.07, 6.45) is 0.0879. The minimum atomic E-state index is -0.281. The molecule has 0 aliphatic heterocycles. The van der Waals surface area contributed by atoms with E-state index in [1.54, 1.807) is 48.5 Å². The molecule has 0 bridgehead atoms. The summed E-state index contributed by atoms with van der Waals surface area (Å²) in [4.78, 5) is 25.4. The van der Waals surface area contributed by atoms with E-state index in [1.165, 1.54) is 11.8 Å². The first-order valence-electron chi connectivity index (χ1n) is 7.34. The van der Waals surface area contributed by atoms with Crippen LogP contribution in [0.25, 0.3) is 0 Å². The van der Waals surface area contributed by atoms with Gasteiger partial charge >= 0.3 is 0 Å². The molecule has 2 aromatic carbocycles. The minimum Gasteiger partial charge on any atom is -0.325 e. The Balaban J connectivity index is 2.05. The highest BCUT2D eigenvalue weighted by Gasteiger charge is 2.16. The highest BCUT2D eigenvalue weighted by Crippen LogP contribution is 2.25. The fraction of sp³-hybridized carbons (Fsp3) is 0.167. The van der Waals surface area contributed by atoms with Crippen LogP contribution in [-0.4, -0.2) is 18.4 Å². The molecule has 2 aromatic rings. The molecule has 0 aliphatic rings. The average Bonchev–Trinajstić information content (AvgIpc) is 2.57. The van der Waals surface area contributed by atoms with Gasteiger partial charge in [0.1, 0.15) is 6.07 Å². The topological polar surface area (TPSA) is 73.2 Å². The first-order valence-corrected chi connectivity index (χ1v) is 7.72. The monoisotopic (exact) mass is 341 g/mol. The van der Waals surface area contributed by atoms with E-state index in [4.69, 9.17) is 16.9 Å². The third-order valence-corrected chi connectivity index (χ3v) is 3.73. The molecular formula is C18H16ClN3O2. The van der Waals surface area contributed by atoms with Gasteiger partial charge in [-0.05, 0) is 24.3 Å². The van der Waals surface area contributed by atoms with Gasteiger partial charge < -0.3 is 10.2 Å². The van der Waals surface area contributed by atoms with Crippen molar-refractivity contribution >= 4 is 34.8 Å². The van der Waals surface area contributed by atoms with Crippen LogP contribution in [-0.2, 0) is 9.59 Å². The number of amides is 2. The quantitative estimate of drug-likeness (QED) is 0.903. The summed E-state index contributed by atoms with van der Waals surface area (Å²) in [5, 5.41) is 12.2. The molecule has 0 saturated carbocycles. The lowest BCUT2D eigenvalue weighted by Crippen LogP contribution is -2.32. The van der Waals surface area contributed by atoms with Crippen molar-refractivity contribution in [3.8, 4) is 6.07 Å². The average molecular weight is 342 g/mol. The summed E-state index contributed by atoms with van der Waals surface area (Å²) >= 11 is 6.12. The van der Waals surface area contributed by atoms with Gasteiger partial charge in [-0.2, -0.15) is 5.26 Å². The van der Waals surface area contributed by atoms with Crippen molar-refractivity contribution in [2.75, 3.05) is 16.8 Å². The Morgan fingerprint density at radius 1 is 1.17 bits per heavy atom. The van der Waals surface area contributed by atoms with E-state index in [0.717, 1.165) is 0 Å². The molecule has 2 amide bonds. The number of anilines is 2. The standard InChI is InChI=1S/C18H16ClN3O2/c1-13(23)22(17-9-5-3-7-15(17)19)11-10-18(24)21-16-8-4-2-6-14(16)12-20/h2-9H,10-11H2,1H3,(H,21,24). The highest BCUT2D eigenvalue weighted by atomic mass is 35.5.